The maximum Gasteiger partial charge on any atom is 0.226 e. The van der Waals surface area contributed by atoms with E-state index in [1.807, 2.05) is 18.2 Å². The fourth-order valence-corrected chi connectivity index (χ4v) is 2.25. The van der Waals surface area contributed by atoms with Crippen LogP contribution in [-0.4, -0.2) is 23.3 Å². The molecule has 0 spiro atoms. The molecule has 2 rings (SSSR count). The summed E-state index contributed by atoms with van der Waals surface area (Å²) < 4.78 is 5.86. The molecule has 114 valence electrons. The molecule has 0 aliphatic rings. The van der Waals surface area contributed by atoms with Crippen molar-refractivity contribution in [2.75, 3.05) is 13.1 Å². The zero-order valence-corrected chi connectivity index (χ0v) is 13.2. The van der Waals surface area contributed by atoms with Crippen LogP contribution < -0.4 is 5.32 Å². The molecule has 1 aromatic heterocycles. The van der Waals surface area contributed by atoms with E-state index in [2.05, 4.69) is 48.4 Å². The summed E-state index contributed by atoms with van der Waals surface area (Å²) in [6, 6.07) is 10.3. The van der Waals surface area contributed by atoms with Gasteiger partial charge in [-0.2, -0.15) is 0 Å². The smallest absolute Gasteiger partial charge is 0.226 e. The summed E-state index contributed by atoms with van der Waals surface area (Å²) in [7, 11) is 0. The molecule has 0 amide bonds. The second kappa shape index (κ2) is 7.36. The first-order valence-electron chi connectivity index (χ1n) is 7.73. The molecule has 21 heavy (non-hydrogen) atoms. The largest absolute Gasteiger partial charge is 0.424 e. The van der Waals surface area contributed by atoms with Crippen LogP contribution in [0.3, 0.4) is 0 Å². The van der Waals surface area contributed by atoms with E-state index in [9.17, 15) is 0 Å². The van der Waals surface area contributed by atoms with Gasteiger partial charge in [-0.15, -0.1) is 10.2 Å². The fourth-order valence-electron chi connectivity index (χ4n) is 2.25. The minimum absolute atomic E-state index is 0.257. The first-order valence-corrected chi connectivity index (χ1v) is 7.73. The van der Waals surface area contributed by atoms with Crippen molar-refractivity contribution in [3.63, 3.8) is 0 Å². The van der Waals surface area contributed by atoms with Gasteiger partial charge in [0.2, 0.25) is 11.8 Å². The topological polar surface area (TPSA) is 51.0 Å². The summed E-state index contributed by atoms with van der Waals surface area (Å²) in [6.45, 7) is 8.46. The quantitative estimate of drug-likeness (QED) is 0.757. The van der Waals surface area contributed by atoms with Gasteiger partial charge in [0, 0.05) is 6.42 Å². The van der Waals surface area contributed by atoms with Gasteiger partial charge in [-0.1, -0.05) is 37.3 Å². The van der Waals surface area contributed by atoms with Gasteiger partial charge in [0.15, 0.2) is 0 Å². The van der Waals surface area contributed by atoms with Crippen molar-refractivity contribution in [3.05, 3.63) is 47.7 Å². The number of rotatable bonds is 8. The lowest BCUT2D eigenvalue weighted by Crippen LogP contribution is -2.19. The van der Waals surface area contributed by atoms with E-state index in [1.165, 1.54) is 5.56 Å². The van der Waals surface area contributed by atoms with Crippen molar-refractivity contribution in [3.8, 4) is 0 Å². The van der Waals surface area contributed by atoms with Crippen LogP contribution in [0.15, 0.2) is 34.7 Å². The number of aryl methyl sites for hydroxylation is 1. The molecule has 1 heterocycles. The van der Waals surface area contributed by atoms with Crippen molar-refractivity contribution >= 4 is 0 Å². The molecule has 0 saturated heterocycles. The van der Waals surface area contributed by atoms with Gasteiger partial charge < -0.3 is 9.73 Å². The summed E-state index contributed by atoms with van der Waals surface area (Å²) in [5, 5.41) is 11.8. The van der Waals surface area contributed by atoms with Gasteiger partial charge in [-0.05, 0) is 45.3 Å². The zero-order valence-electron chi connectivity index (χ0n) is 13.2. The molecule has 0 fully saturated rings. The monoisotopic (exact) mass is 287 g/mol. The molecule has 4 nitrogen and oxygen atoms in total. The average molecular weight is 287 g/mol. The van der Waals surface area contributed by atoms with E-state index >= 15 is 0 Å². The lowest BCUT2D eigenvalue weighted by Gasteiger charge is -2.20. The average Bonchev–Trinajstić information content (AvgIpc) is 2.98. The maximum absolute atomic E-state index is 5.86. The highest BCUT2D eigenvalue weighted by Gasteiger charge is 2.29. The van der Waals surface area contributed by atoms with Crippen LogP contribution in [0.5, 0.6) is 0 Å². The lowest BCUT2D eigenvalue weighted by atomic mass is 9.85. The molecule has 0 bridgehead atoms. The summed E-state index contributed by atoms with van der Waals surface area (Å²) in [5.41, 5.74) is 0.928. The Bertz CT molecular complexity index is 534. The Morgan fingerprint density at radius 1 is 1.10 bits per heavy atom. The first-order chi connectivity index (χ1) is 10.1. The van der Waals surface area contributed by atoms with Crippen LogP contribution in [0, 0.1) is 0 Å². The van der Waals surface area contributed by atoms with Crippen molar-refractivity contribution < 1.29 is 4.42 Å². The molecule has 0 atom stereocenters. The summed E-state index contributed by atoms with van der Waals surface area (Å²) >= 11 is 0. The van der Waals surface area contributed by atoms with E-state index < -0.39 is 0 Å². The molecular weight excluding hydrogens is 262 g/mol. The van der Waals surface area contributed by atoms with Crippen molar-refractivity contribution in [1.82, 2.24) is 15.5 Å². The van der Waals surface area contributed by atoms with E-state index in [4.69, 9.17) is 4.42 Å². The number of hydrogen-bond donors (Lipinski definition) is 1. The fraction of sp³-hybridized carbons (Fsp3) is 0.529. The van der Waals surface area contributed by atoms with Gasteiger partial charge in [0.25, 0.3) is 0 Å². The van der Waals surface area contributed by atoms with Gasteiger partial charge in [0.1, 0.15) is 0 Å². The van der Waals surface area contributed by atoms with Crippen LogP contribution in [-0.2, 0) is 11.8 Å². The highest BCUT2D eigenvalue weighted by atomic mass is 16.4. The molecule has 0 aliphatic heterocycles. The SMILES string of the molecule is CCCNCCCc1nnc(C(C)(C)c2ccccc2)o1. The Morgan fingerprint density at radius 3 is 2.57 bits per heavy atom. The lowest BCUT2D eigenvalue weighted by molar-refractivity contribution is 0.384. The van der Waals surface area contributed by atoms with Gasteiger partial charge in [-0.3, -0.25) is 0 Å². The Morgan fingerprint density at radius 2 is 1.86 bits per heavy atom. The van der Waals surface area contributed by atoms with Crippen LogP contribution in [0.1, 0.15) is 51.0 Å². The van der Waals surface area contributed by atoms with Crippen molar-refractivity contribution in [2.24, 2.45) is 0 Å². The highest BCUT2D eigenvalue weighted by molar-refractivity contribution is 5.29. The number of hydrogen-bond acceptors (Lipinski definition) is 4. The zero-order chi connectivity index (χ0) is 15.1. The molecule has 0 unspecified atom stereocenters. The molecule has 1 aromatic carbocycles. The van der Waals surface area contributed by atoms with Gasteiger partial charge in [-0.25, -0.2) is 0 Å². The Hall–Kier alpha value is -1.68. The molecule has 2 aromatic rings. The number of aromatic nitrogens is 2. The first kappa shape index (κ1) is 15.7. The van der Waals surface area contributed by atoms with E-state index in [0.29, 0.717) is 5.89 Å². The standard InChI is InChI=1S/C17H25N3O/c1-4-12-18-13-8-11-15-19-20-16(21-15)17(2,3)14-9-6-5-7-10-14/h5-7,9-10,18H,4,8,11-13H2,1-3H3. The second-order valence-electron chi connectivity index (χ2n) is 5.85. The normalized spacial score (nSPS) is 11.8. The molecule has 0 radical (unpaired) electrons. The Balaban J connectivity index is 1.96. The molecule has 1 N–H and O–H groups in total. The number of nitrogens with one attached hydrogen (secondary N) is 1. The Labute approximate surface area is 127 Å². The minimum atomic E-state index is -0.257. The Kier molecular flexibility index (Phi) is 5.51. The molecule has 0 aliphatic carbocycles. The van der Waals surface area contributed by atoms with E-state index in [1.54, 1.807) is 0 Å². The van der Waals surface area contributed by atoms with Gasteiger partial charge >= 0.3 is 0 Å². The molecule has 0 saturated carbocycles. The predicted molar refractivity (Wildman–Crippen MR) is 84.3 cm³/mol. The number of benzene rings is 1. The number of nitrogens with zero attached hydrogens (tertiary/aromatic N) is 2. The summed E-state index contributed by atoms with van der Waals surface area (Å²) in [5.74, 6) is 1.41. The summed E-state index contributed by atoms with van der Waals surface area (Å²) in [6.07, 6.45) is 3.01. The van der Waals surface area contributed by atoms with Crippen LogP contribution in [0.2, 0.25) is 0 Å². The second-order valence-corrected chi connectivity index (χ2v) is 5.85. The van der Waals surface area contributed by atoms with E-state index in [-0.39, 0.29) is 5.41 Å². The van der Waals surface area contributed by atoms with Crippen molar-refractivity contribution in [1.29, 1.82) is 0 Å². The third-order valence-corrected chi connectivity index (χ3v) is 3.67. The van der Waals surface area contributed by atoms with Crippen LogP contribution in [0.4, 0.5) is 0 Å². The highest BCUT2D eigenvalue weighted by Crippen LogP contribution is 2.30. The predicted octanol–water partition coefficient (Wildman–Crippen LogP) is 3.33. The molecular formula is C17H25N3O. The maximum atomic E-state index is 5.86. The van der Waals surface area contributed by atoms with Crippen molar-refractivity contribution in [2.45, 2.75) is 45.4 Å². The third kappa shape index (κ3) is 4.14. The van der Waals surface area contributed by atoms with Crippen LogP contribution >= 0.6 is 0 Å². The summed E-state index contributed by atoms with van der Waals surface area (Å²) in [4.78, 5) is 0. The van der Waals surface area contributed by atoms with Gasteiger partial charge in [0.05, 0.1) is 5.41 Å². The molecule has 4 heteroatoms. The van der Waals surface area contributed by atoms with E-state index in [0.717, 1.165) is 38.2 Å². The third-order valence-electron chi connectivity index (χ3n) is 3.67. The minimum Gasteiger partial charge on any atom is -0.424 e. The van der Waals surface area contributed by atoms with Crippen LogP contribution in [0.25, 0.3) is 0 Å².